The Labute approximate surface area is 136 Å². The quantitative estimate of drug-likeness (QED) is 0.803. The predicted octanol–water partition coefficient (Wildman–Crippen LogP) is 3.42. The number of phenolic OH excluding ortho intramolecular Hbond substituents is 2. The molecule has 0 fully saturated rings. The molecule has 2 rings (SSSR count). The molecular weight excluding hydrogens is 290 g/mol. The Bertz CT molecular complexity index is 721. The van der Waals surface area contributed by atoms with Crippen LogP contribution in [0.3, 0.4) is 0 Å². The number of hydrogen-bond donors (Lipinski definition) is 2. The number of nitrogens with zero attached hydrogens (tertiary/aromatic N) is 1. The van der Waals surface area contributed by atoms with Crippen molar-refractivity contribution in [2.75, 3.05) is 6.54 Å². The number of aromatic hydroxyl groups is 2. The highest BCUT2D eigenvalue weighted by Gasteiger charge is 2.13. The van der Waals surface area contributed by atoms with Crippen LogP contribution in [-0.4, -0.2) is 28.3 Å². The van der Waals surface area contributed by atoms with Gasteiger partial charge in [-0.15, -0.1) is 0 Å². The van der Waals surface area contributed by atoms with Gasteiger partial charge in [0.25, 0.3) is 0 Å². The van der Waals surface area contributed by atoms with Crippen LogP contribution in [0.15, 0.2) is 47.5 Å². The molecule has 0 aliphatic heterocycles. The fraction of sp³-hybridized carbons (Fsp3) is 0.263. The topological polar surface area (TPSA) is 69.9 Å². The average Bonchev–Trinajstić information content (AvgIpc) is 2.56. The van der Waals surface area contributed by atoms with E-state index in [1.807, 2.05) is 37.3 Å². The van der Waals surface area contributed by atoms with Gasteiger partial charge in [-0.1, -0.05) is 37.3 Å². The van der Waals surface area contributed by atoms with Gasteiger partial charge in [-0.2, -0.15) is 0 Å². The molecule has 0 saturated carbocycles. The fourth-order valence-electron chi connectivity index (χ4n) is 2.37. The van der Waals surface area contributed by atoms with E-state index in [2.05, 4.69) is 4.99 Å². The van der Waals surface area contributed by atoms with Crippen LogP contribution >= 0.6 is 0 Å². The summed E-state index contributed by atoms with van der Waals surface area (Å²) in [6.07, 6.45) is 0.943. The number of phenols is 2. The number of carbonyl (C=O) groups is 1. The molecule has 0 aliphatic rings. The summed E-state index contributed by atoms with van der Waals surface area (Å²) in [4.78, 5) is 16.4. The molecule has 2 aromatic rings. The number of carbonyl (C=O) groups excluding carboxylic acids is 1. The van der Waals surface area contributed by atoms with Crippen molar-refractivity contribution in [1.82, 2.24) is 0 Å². The number of Topliss-reactive ketones (excluding diaryl/α,β-unsaturated/α-hetero) is 1. The highest BCUT2D eigenvalue weighted by molar-refractivity contribution is 6.04. The minimum atomic E-state index is 0.0149. The van der Waals surface area contributed by atoms with Crippen LogP contribution in [0.4, 0.5) is 0 Å². The Balaban J connectivity index is 2.13. The predicted molar refractivity (Wildman–Crippen MR) is 91.4 cm³/mol. The number of ketones is 1. The van der Waals surface area contributed by atoms with Crippen molar-refractivity contribution < 1.29 is 15.0 Å². The van der Waals surface area contributed by atoms with Gasteiger partial charge in [0, 0.05) is 23.3 Å². The molecule has 0 amide bonds. The second kappa shape index (κ2) is 7.58. The molecule has 0 aromatic heterocycles. The first-order valence-electron chi connectivity index (χ1n) is 7.63. The minimum Gasteiger partial charge on any atom is -0.508 e. The molecule has 0 bridgehead atoms. The maximum atomic E-state index is 12.1. The first kappa shape index (κ1) is 16.7. The Kier molecular flexibility index (Phi) is 5.52. The molecule has 0 unspecified atom stereocenters. The lowest BCUT2D eigenvalue weighted by atomic mass is 10.0. The molecule has 0 heterocycles. The van der Waals surface area contributed by atoms with Crippen LogP contribution in [0.25, 0.3) is 0 Å². The maximum absolute atomic E-state index is 12.1. The molecule has 23 heavy (non-hydrogen) atoms. The summed E-state index contributed by atoms with van der Waals surface area (Å²) < 4.78 is 0. The van der Waals surface area contributed by atoms with Crippen molar-refractivity contribution in [3.63, 3.8) is 0 Å². The summed E-state index contributed by atoms with van der Waals surface area (Å²) in [6.45, 7) is 3.64. The zero-order valence-corrected chi connectivity index (χ0v) is 13.4. The van der Waals surface area contributed by atoms with Crippen LogP contribution in [0.2, 0.25) is 0 Å². The van der Waals surface area contributed by atoms with Gasteiger partial charge in [-0.05, 0) is 31.0 Å². The van der Waals surface area contributed by atoms with Gasteiger partial charge in [-0.25, -0.2) is 0 Å². The number of benzene rings is 2. The van der Waals surface area contributed by atoms with Crippen LogP contribution in [0.1, 0.15) is 30.0 Å². The first-order valence-corrected chi connectivity index (χ1v) is 7.63. The molecule has 120 valence electrons. The largest absolute Gasteiger partial charge is 0.508 e. The van der Waals surface area contributed by atoms with Gasteiger partial charge in [0.1, 0.15) is 11.5 Å². The Morgan fingerprint density at radius 1 is 1.09 bits per heavy atom. The summed E-state index contributed by atoms with van der Waals surface area (Å²) in [7, 11) is 0. The minimum absolute atomic E-state index is 0.0149. The standard InChI is InChI=1S/C19H21NO3/c1-3-17(16-9-10-18(22)13(2)19(16)23)20-12-15(21)11-14-7-5-4-6-8-14/h4-10,22-23H,3,11-12H2,1-2H3. The van der Waals surface area contributed by atoms with Crippen molar-refractivity contribution >= 4 is 11.5 Å². The van der Waals surface area contributed by atoms with Crippen molar-refractivity contribution in [2.45, 2.75) is 26.7 Å². The molecule has 0 atom stereocenters. The molecule has 2 aromatic carbocycles. The van der Waals surface area contributed by atoms with Crippen molar-refractivity contribution in [1.29, 1.82) is 0 Å². The van der Waals surface area contributed by atoms with Crippen molar-refractivity contribution in [2.24, 2.45) is 4.99 Å². The molecule has 4 heteroatoms. The second-order valence-corrected chi connectivity index (χ2v) is 5.42. The van der Waals surface area contributed by atoms with E-state index >= 15 is 0 Å². The SMILES string of the molecule is CCC(=NCC(=O)Cc1ccccc1)c1ccc(O)c(C)c1O. The van der Waals surface area contributed by atoms with E-state index in [1.54, 1.807) is 13.0 Å². The average molecular weight is 311 g/mol. The van der Waals surface area contributed by atoms with Gasteiger partial charge >= 0.3 is 0 Å². The van der Waals surface area contributed by atoms with E-state index in [4.69, 9.17) is 0 Å². The summed E-state index contributed by atoms with van der Waals surface area (Å²) in [5, 5.41) is 19.8. The van der Waals surface area contributed by atoms with Gasteiger partial charge in [0.15, 0.2) is 5.78 Å². The molecule has 0 spiro atoms. The summed E-state index contributed by atoms with van der Waals surface area (Å²) in [6, 6.07) is 12.7. The number of rotatable bonds is 6. The van der Waals surface area contributed by atoms with Gasteiger partial charge in [0.2, 0.25) is 0 Å². The third-order valence-corrected chi connectivity index (χ3v) is 3.74. The maximum Gasteiger partial charge on any atom is 0.158 e. The van der Waals surface area contributed by atoms with Crippen LogP contribution in [0.5, 0.6) is 11.5 Å². The van der Waals surface area contributed by atoms with E-state index in [-0.39, 0.29) is 23.8 Å². The Morgan fingerprint density at radius 3 is 2.43 bits per heavy atom. The van der Waals surface area contributed by atoms with Crippen LogP contribution in [-0.2, 0) is 11.2 Å². The Morgan fingerprint density at radius 2 is 1.78 bits per heavy atom. The third-order valence-electron chi connectivity index (χ3n) is 3.74. The van der Waals surface area contributed by atoms with E-state index < -0.39 is 0 Å². The molecule has 4 nitrogen and oxygen atoms in total. The normalized spacial score (nSPS) is 11.5. The number of hydrogen-bond acceptors (Lipinski definition) is 4. The lowest BCUT2D eigenvalue weighted by Crippen LogP contribution is -2.10. The number of aliphatic imine (C=N–C) groups is 1. The van der Waals surface area contributed by atoms with Crippen LogP contribution < -0.4 is 0 Å². The van der Waals surface area contributed by atoms with E-state index in [1.165, 1.54) is 6.07 Å². The zero-order chi connectivity index (χ0) is 16.8. The summed E-state index contributed by atoms with van der Waals surface area (Å²) in [5.74, 6) is 0.0834. The zero-order valence-electron chi connectivity index (χ0n) is 13.4. The lowest BCUT2D eigenvalue weighted by Gasteiger charge is -2.10. The Hall–Kier alpha value is -2.62. The van der Waals surface area contributed by atoms with Gasteiger partial charge < -0.3 is 10.2 Å². The van der Waals surface area contributed by atoms with Gasteiger partial charge in [-0.3, -0.25) is 9.79 Å². The van der Waals surface area contributed by atoms with Crippen molar-refractivity contribution in [3.05, 3.63) is 59.2 Å². The third kappa shape index (κ3) is 4.19. The summed E-state index contributed by atoms with van der Waals surface area (Å²) in [5.41, 5.74) is 2.61. The molecule has 0 saturated heterocycles. The van der Waals surface area contributed by atoms with E-state index in [9.17, 15) is 15.0 Å². The molecule has 0 radical (unpaired) electrons. The van der Waals surface area contributed by atoms with Gasteiger partial charge in [0.05, 0.1) is 6.54 Å². The smallest absolute Gasteiger partial charge is 0.158 e. The van der Waals surface area contributed by atoms with E-state index in [0.717, 1.165) is 5.56 Å². The summed E-state index contributed by atoms with van der Waals surface area (Å²) >= 11 is 0. The molecular formula is C19H21NO3. The molecule has 2 N–H and O–H groups in total. The fourth-order valence-corrected chi connectivity index (χ4v) is 2.37. The monoisotopic (exact) mass is 311 g/mol. The first-order chi connectivity index (χ1) is 11.0. The highest BCUT2D eigenvalue weighted by atomic mass is 16.3. The lowest BCUT2D eigenvalue weighted by molar-refractivity contribution is -0.117. The van der Waals surface area contributed by atoms with Crippen LogP contribution in [0, 0.1) is 6.92 Å². The second-order valence-electron chi connectivity index (χ2n) is 5.42. The van der Waals surface area contributed by atoms with Crippen molar-refractivity contribution in [3.8, 4) is 11.5 Å². The molecule has 0 aliphatic carbocycles. The highest BCUT2D eigenvalue weighted by Crippen LogP contribution is 2.30. The van der Waals surface area contributed by atoms with E-state index in [0.29, 0.717) is 29.7 Å².